The molecule has 5 nitrogen and oxygen atoms in total. The van der Waals surface area contributed by atoms with Gasteiger partial charge in [-0.15, -0.1) is 0 Å². The standard InChI is InChI=1S/C13H19BrN2O3/c1-9(8-18-2)16-13(17)7-15-11-6-10(14)4-5-12(11)19-3/h4-6,9,15H,7-8H2,1-3H3,(H,16,17). The summed E-state index contributed by atoms with van der Waals surface area (Å²) in [6, 6.07) is 5.57. The SMILES string of the molecule is COCC(C)NC(=O)CNc1cc(Br)ccc1OC. The van der Waals surface area contributed by atoms with Crippen LogP contribution in [0.15, 0.2) is 22.7 Å². The lowest BCUT2D eigenvalue weighted by molar-refractivity contribution is -0.120. The number of halogens is 1. The minimum atomic E-state index is -0.0911. The van der Waals surface area contributed by atoms with E-state index < -0.39 is 0 Å². The van der Waals surface area contributed by atoms with Crippen molar-refractivity contribution in [2.75, 3.05) is 32.7 Å². The van der Waals surface area contributed by atoms with E-state index in [1.807, 2.05) is 25.1 Å². The van der Waals surface area contributed by atoms with Gasteiger partial charge in [0.2, 0.25) is 5.91 Å². The van der Waals surface area contributed by atoms with Crippen molar-refractivity contribution < 1.29 is 14.3 Å². The molecule has 19 heavy (non-hydrogen) atoms. The molecule has 0 aliphatic carbocycles. The van der Waals surface area contributed by atoms with E-state index in [0.717, 1.165) is 10.2 Å². The Balaban J connectivity index is 2.52. The lowest BCUT2D eigenvalue weighted by Crippen LogP contribution is -2.39. The number of amides is 1. The van der Waals surface area contributed by atoms with Gasteiger partial charge in [0.1, 0.15) is 5.75 Å². The molecule has 1 unspecified atom stereocenters. The second-order valence-corrected chi connectivity index (χ2v) is 5.04. The van der Waals surface area contributed by atoms with Crippen molar-refractivity contribution in [1.82, 2.24) is 5.32 Å². The summed E-state index contributed by atoms with van der Waals surface area (Å²) in [4.78, 5) is 11.7. The highest BCUT2D eigenvalue weighted by Gasteiger charge is 2.08. The van der Waals surface area contributed by atoms with E-state index in [1.54, 1.807) is 14.2 Å². The van der Waals surface area contributed by atoms with Gasteiger partial charge in [0.25, 0.3) is 0 Å². The number of methoxy groups -OCH3 is 2. The zero-order valence-corrected chi connectivity index (χ0v) is 12.9. The molecule has 1 rings (SSSR count). The van der Waals surface area contributed by atoms with E-state index in [-0.39, 0.29) is 18.5 Å². The number of hydrogen-bond donors (Lipinski definition) is 2. The van der Waals surface area contributed by atoms with Crippen LogP contribution < -0.4 is 15.4 Å². The van der Waals surface area contributed by atoms with Crippen LogP contribution in [-0.2, 0) is 9.53 Å². The van der Waals surface area contributed by atoms with Crippen molar-refractivity contribution in [2.24, 2.45) is 0 Å². The normalized spacial score (nSPS) is 11.8. The van der Waals surface area contributed by atoms with Crippen molar-refractivity contribution in [3.05, 3.63) is 22.7 Å². The van der Waals surface area contributed by atoms with E-state index in [4.69, 9.17) is 9.47 Å². The molecule has 0 aliphatic heterocycles. The molecular formula is C13H19BrN2O3. The van der Waals surface area contributed by atoms with Crippen LogP contribution in [-0.4, -0.2) is 39.3 Å². The molecule has 2 N–H and O–H groups in total. The Bertz CT molecular complexity index is 426. The fraction of sp³-hybridized carbons (Fsp3) is 0.462. The molecule has 0 spiro atoms. The minimum Gasteiger partial charge on any atom is -0.495 e. The van der Waals surface area contributed by atoms with Gasteiger partial charge in [0.15, 0.2) is 0 Å². The van der Waals surface area contributed by atoms with Crippen LogP contribution >= 0.6 is 15.9 Å². The molecule has 0 fully saturated rings. The van der Waals surface area contributed by atoms with Crippen LogP contribution in [0.4, 0.5) is 5.69 Å². The van der Waals surface area contributed by atoms with Gasteiger partial charge in [-0.2, -0.15) is 0 Å². The predicted molar refractivity (Wildman–Crippen MR) is 78.7 cm³/mol. The van der Waals surface area contributed by atoms with E-state index in [0.29, 0.717) is 12.4 Å². The van der Waals surface area contributed by atoms with Crippen LogP contribution in [0, 0.1) is 0 Å². The molecular weight excluding hydrogens is 312 g/mol. The first-order chi connectivity index (χ1) is 9.06. The number of ether oxygens (including phenoxy) is 2. The van der Waals surface area contributed by atoms with E-state index in [2.05, 4.69) is 26.6 Å². The Morgan fingerprint density at radius 1 is 1.42 bits per heavy atom. The molecule has 1 atom stereocenters. The molecule has 6 heteroatoms. The Morgan fingerprint density at radius 2 is 2.16 bits per heavy atom. The molecule has 0 aliphatic rings. The highest BCUT2D eigenvalue weighted by atomic mass is 79.9. The summed E-state index contributed by atoms with van der Waals surface area (Å²) in [6.07, 6.45) is 0. The Morgan fingerprint density at radius 3 is 2.79 bits per heavy atom. The zero-order chi connectivity index (χ0) is 14.3. The van der Waals surface area contributed by atoms with Crippen molar-refractivity contribution in [2.45, 2.75) is 13.0 Å². The van der Waals surface area contributed by atoms with Crippen LogP contribution in [0.1, 0.15) is 6.92 Å². The number of anilines is 1. The van der Waals surface area contributed by atoms with E-state index >= 15 is 0 Å². The van der Waals surface area contributed by atoms with Crippen molar-refractivity contribution in [3.63, 3.8) is 0 Å². The summed E-state index contributed by atoms with van der Waals surface area (Å²) in [6.45, 7) is 2.56. The second-order valence-electron chi connectivity index (χ2n) is 4.12. The zero-order valence-electron chi connectivity index (χ0n) is 11.3. The minimum absolute atomic E-state index is 0.0105. The van der Waals surface area contributed by atoms with E-state index in [9.17, 15) is 4.79 Å². The lowest BCUT2D eigenvalue weighted by atomic mass is 10.3. The van der Waals surface area contributed by atoms with E-state index in [1.165, 1.54) is 0 Å². The van der Waals surface area contributed by atoms with Gasteiger partial charge >= 0.3 is 0 Å². The Hall–Kier alpha value is -1.27. The molecule has 0 heterocycles. The third-order valence-corrected chi connectivity index (χ3v) is 2.92. The van der Waals surface area contributed by atoms with Crippen LogP contribution in [0.5, 0.6) is 5.75 Å². The van der Waals surface area contributed by atoms with Gasteiger partial charge in [0, 0.05) is 17.6 Å². The Labute approximate surface area is 121 Å². The monoisotopic (exact) mass is 330 g/mol. The first kappa shape index (κ1) is 15.8. The molecule has 1 aromatic rings. The number of rotatable bonds is 7. The number of nitrogens with one attached hydrogen (secondary N) is 2. The maximum atomic E-state index is 11.7. The third kappa shape index (κ3) is 5.48. The molecule has 1 amide bonds. The van der Waals surface area contributed by atoms with Gasteiger partial charge in [-0.3, -0.25) is 4.79 Å². The molecule has 0 bridgehead atoms. The first-order valence-electron chi connectivity index (χ1n) is 5.92. The summed E-state index contributed by atoms with van der Waals surface area (Å²) in [5.74, 6) is 0.604. The van der Waals surface area contributed by atoms with Crippen LogP contribution in [0.2, 0.25) is 0 Å². The average molecular weight is 331 g/mol. The van der Waals surface area contributed by atoms with Crippen LogP contribution in [0.3, 0.4) is 0 Å². The van der Waals surface area contributed by atoms with Crippen molar-refractivity contribution in [3.8, 4) is 5.75 Å². The average Bonchev–Trinajstić information content (AvgIpc) is 2.36. The van der Waals surface area contributed by atoms with Gasteiger partial charge in [-0.05, 0) is 25.1 Å². The topological polar surface area (TPSA) is 59.6 Å². The predicted octanol–water partition coefficient (Wildman–Crippen LogP) is 2.02. The summed E-state index contributed by atoms with van der Waals surface area (Å²) in [5.41, 5.74) is 0.770. The highest BCUT2D eigenvalue weighted by molar-refractivity contribution is 9.10. The van der Waals surface area contributed by atoms with Crippen molar-refractivity contribution >= 4 is 27.5 Å². The molecule has 106 valence electrons. The molecule has 0 radical (unpaired) electrons. The quantitative estimate of drug-likeness (QED) is 0.803. The molecule has 0 saturated carbocycles. The highest BCUT2D eigenvalue weighted by Crippen LogP contribution is 2.27. The second kappa shape index (κ2) is 8.01. The summed E-state index contributed by atoms with van der Waals surface area (Å²) in [5, 5.41) is 5.87. The van der Waals surface area contributed by atoms with Crippen molar-refractivity contribution in [1.29, 1.82) is 0 Å². The summed E-state index contributed by atoms with van der Waals surface area (Å²) in [7, 11) is 3.20. The fourth-order valence-electron chi connectivity index (χ4n) is 1.61. The van der Waals surface area contributed by atoms with Gasteiger partial charge in [-0.25, -0.2) is 0 Å². The third-order valence-electron chi connectivity index (χ3n) is 2.42. The largest absolute Gasteiger partial charge is 0.495 e. The number of carbonyl (C=O) groups excluding carboxylic acids is 1. The fourth-order valence-corrected chi connectivity index (χ4v) is 1.97. The smallest absolute Gasteiger partial charge is 0.239 e. The summed E-state index contributed by atoms with van der Waals surface area (Å²) < 4.78 is 11.1. The molecule has 0 aromatic heterocycles. The number of carbonyl (C=O) groups is 1. The molecule has 1 aromatic carbocycles. The molecule has 0 saturated heterocycles. The lowest BCUT2D eigenvalue weighted by Gasteiger charge is -2.15. The maximum absolute atomic E-state index is 11.7. The maximum Gasteiger partial charge on any atom is 0.239 e. The first-order valence-corrected chi connectivity index (χ1v) is 6.71. The van der Waals surface area contributed by atoms with Crippen LogP contribution in [0.25, 0.3) is 0 Å². The Kier molecular flexibility index (Phi) is 6.66. The van der Waals surface area contributed by atoms with Gasteiger partial charge in [-0.1, -0.05) is 15.9 Å². The summed E-state index contributed by atoms with van der Waals surface area (Å²) >= 11 is 3.38. The number of benzene rings is 1. The van der Waals surface area contributed by atoms with Gasteiger partial charge in [0.05, 0.1) is 25.9 Å². The number of hydrogen-bond acceptors (Lipinski definition) is 4. The van der Waals surface area contributed by atoms with Gasteiger partial charge < -0.3 is 20.1 Å².